The maximum Gasteiger partial charge on any atom is 0.00697 e. The molecule has 1 heteroatoms. The zero-order chi connectivity index (χ0) is 8.39. The van der Waals surface area contributed by atoms with E-state index in [0.29, 0.717) is 6.04 Å². The van der Waals surface area contributed by atoms with Crippen LogP contribution in [0.3, 0.4) is 0 Å². The predicted molar refractivity (Wildman–Crippen MR) is 51.9 cm³/mol. The minimum absolute atomic E-state index is 0.543. The predicted octanol–water partition coefficient (Wildman–Crippen LogP) is 2.69. The van der Waals surface area contributed by atoms with Crippen molar-refractivity contribution in [3.05, 3.63) is 0 Å². The minimum atomic E-state index is 0.543. The molecular formula is C11H21N. The Morgan fingerprint density at radius 1 is 1.00 bits per heavy atom. The Hall–Kier alpha value is -0.0400. The molecule has 0 aromatic carbocycles. The van der Waals surface area contributed by atoms with Crippen LogP contribution in [0.4, 0.5) is 0 Å². The molecule has 0 saturated heterocycles. The van der Waals surface area contributed by atoms with Crippen LogP contribution < -0.4 is 5.73 Å². The largest absolute Gasteiger partial charge is 0.327 e. The molecule has 0 spiro atoms. The molecule has 0 radical (unpaired) electrons. The molecule has 12 heavy (non-hydrogen) atoms. The van der Waals surface area contributed by atoms with Crippen LogP contribution in [0.25, 0.3) is 0 Å². The normalized spacial score (nSPS) is 28.8. The molecule has 0 bridgehead atoms. The van der Waals surface area contributed by atoms with E-state index in [0.717, 1.165) is 11.8 Å². The van der Waals surface area contributed by atoms with Gasteiger partial charge in [-0.15, -0.1) is 0 Å². The van der Waals surface area contributed by atoms with Gasteiger partial charge in [0.15, 0.2) is 0 Å². The lowest BCUT2D eigenvalue weighted by atomic mass is 9.77. The molecule has 2 N–H and O–H groups in total. The molecule has 0 aromatic rings. The average Bonchev–Trinajstić information content (AvgIpc) is 2.34. The van der Waals surface area contributed by atoms with E-state index in [1.165, 1.54) is 51.4 Å². The number of hydrogen-bond donors (Lipinski definition) is 1. The van der Waals surface area contributed by atoms with Crippen LogP contribution in [0.15, 0.2) is 0 Å². The van der Waals surface area contributed by atoms with Crippen LogP contribution in [-0.2, 0) is 0 Å². The summed E-state index contributed by atoms with van der Waals surface area (Å²) in [5.41, 5.74) is 6.16. The lowest BCUT2D eigenvalue weighted by Gasteiger charge is -2.32. The highest BCUT2D eigenvalue weighted by Gasteiger charge is 2.27. The van der Waals surface area contributed by atoms with E-state index in [1.54, 1.807) is 0 Å². The molecule has 2 fully saturated rings. The van der Waals surface area contributed by atoms with Gasteiger partial charge < -0.3 is 5.73 Å². The summed E-state index contributed by atoms with van der Waals surface area (Å²) in [5.74, 6) is 1.88. The number of hydrogen-bond acceptors (Lipinski definition) is 1. The van der Waals surface area contributed by atoms with Crippen molar-refractivity contribution in [3.63, 3.8) is 0 Å². The summed E-state index contributed by atoms with van der Waals surface area (Å²) in [6.07, 6.45) is 11.4. The van der Waals surface area contributed by atoms with Crippen molar-refractivity contribution in [2.45, 2.75) is 57.4 Å². The van der Waals surface area contributed by atoms with Crippen LogP contribution in [0, 0.1) is 11.8 Å². The van der Waals surface area contributed by atoms with Gasteiger partial charge in [-0.1, -0.05) is 32.1 Å². The molecular weight excluding hydrogens is 146 g/mol. The third-order valence-electron chi connectivity index (χ3n) is 3.84. The first kappa shape index (κ1) is 8.55. The van der Waals surface area contributed by atoms with Crippen LogP contribution >= 0.6 is 0 Å². The molecule has 2 aliphatic carbocycles. The van der Waals surface area contributed by atoms with Crippen molar-refractivity contribution in [3.8, 4) is 0 Å². The average molecular weight is 167 g/mol. The smallest absolute Gasteiger partial charge is 0.00697 e. The third-order valence-corrected chi connectivity index (χ3v) is 3.84. The SMILES string of the molecule is NC(CC1CCCC1)C1CCC1. The Balaban J connectivity index is 1.69. The van der Waals surface area contributed by atoms with Crippen LogP contribution in [0.2, 0.25) is 0 Å². The van der Waals surface area contributed by atoms with Crippen molar-refractivity contribution in [1.82, 2.24) is 0 Å². The third kappa shape index (κ3) is 1.82. The van der Waals surface area contributed by atoms with Gasteiger partial charge in [-0.05, 0) is 31.1 Å². The maximum absolute atomic E-state index is 6.16. The lowest BCUT2D eigenvalue weighted by molar-refractivity contribution is 0.232. The van der Waals surface area contributed by atoms with Crippen molar-refractivity contribution in [2.24, 2.45) is 17.6 Å². The first-order valence-corrected chi connectivity index (χ1v) is 5.62. The molecule has 1 atom stereocenters. The fourth-order valence-electron chi connectivity index (χ4n) is 2.69. The molecule has 0 heterocycles. The summed E-state index contributed by atoms with van der Waals surface area (Å²) < 4.78 is 0. The number of rotatable bonds is 3. The van der Waals surface area contributed by atoms with Crippen LogP contribution in [0.5, 0.6) is 0 Å². The first-order valence-electron chi connectivity index (χ1n) is 5.62. The first-order chi connectivity index (χ1) is 5.86. The minimum Gasteiger partial charge on any atom is -0.327 e. The van der Waals surface area contributed by atoms with E-state index < -0.39 is 0 Å². The Labute approximate surface area is 75.7 Å². The molecule has 0 aliphatic heterocycles. The summed E-state index contributed by atoms with van der Waals surface area (Å²) >= 11 is 0. The quantitative estimate of drug-likeness (QED) is 0.687. The van der Waals surface area contributed by atoms with Crippen LogP contribution in [-0.4, -0.2) is 6.04 Å². The topological polar surface area (TPSA) is 26.0 Å². The van der Waals surface area contributed by atoms with Crippen molar-refractivity contribution in [2.75, 3.05) is 0 Å². The van der Waals surface area contributed by atoms with E-state index in [1.807, 2.05) is 0 Å². The van der Waals surface area contributed by atoms with Gasteiger partial charge in [-0.3, -0.25) is 0 Å². The summed E-state index contributed by atoms with van der Waals surface area (Å²) in [4.78, 5) is 0. The molecule has 2 saturated carbocycles. The van der Waals surface area contributed by atoms with Crippen LogP contribution in [0.1, 0.15) is 51.4 Å². The van der Waals surface area contributed by atoms with Crippen molar-refractivity contribution in [1.29, 1.82) is 0 Å². The van der Waals surface area contributed by atoms with Crippen molar-refractivity contribution >= 4 is 0 Å². The monoisotopic (exact) mass is 167 g/mol. The second-order valence-corrected chi connectivity index (χ2v) is 4.74. The van der Waals surface area contributed by atoms with E-state index in [4.69, 9.17) is 5.73 Å². The van der Waals surface area contributed by atoms with Gasteiger partial charge in [0.2, 0.25) is 0 Å². The highest BCUT2D eigenvalue weighted by molar-refractivity contribution is 4.83. The highest BCUT2D eigenvalue weighted by atomic mass is 14.7. The number of nitrogens with two attached hydrogens (primary N) is 1. The molecule has 70 valence electrons. The van der Waals surface area contributed by atoms with Gasteiger partial charge in [0, 0.05) is 6.04 Å². The Morgan fingerprint density at radius 2 is 1.67 bits per heavy atom. The molecule has 2 rings (SSSR count). The standard InChI is InChI=1S/C11H21N/c12-11(10-6-3-7-10)8-9-4-1-2-5-9/h9-11H,1-8,12H2. The fourth-order valence-corrected chi connectivity index (χ4v) is 2.69. The van der Waals surface area contributed by atoms with Gasteiger partial charge >= 0.3 is 0 Å². The van der Waals surface area contributed by atoms with E-state index in [9.17, 15) is 0 Å². The zero-order valence-electron chi connectivity index (χ0n) is 7.97. The zero-order valence-corrected chi connectivity index (χ0v) is 7.97. The highest BCUT2D eigenvalue weighted by Crippen LogP contribution is 2.35. The summed E-state index contributed by atoms with van der Waals surface area (Å²) in [7, 11) is 0. The molecule has 1 nitrogen and oxygen atoms in total. The summed E-state index contributed by atoms with van der Waals surface area (Å²) in [5, 5.41) is 0. The Morgan fingerprint density at radius 3 is 2.17 bits per heavy atom. The van der Waals surface area contributed by atoms with Gasteiger partial charge in [-0.2, -0.15) is 0 Å². The van der Waals surface area contributed by atoms with Gasteiger partial charge in [0.05, 0.1) is 0 Å². The molecule has 0 amide bonds. The second-order valence-electron chi connectivity index (χ2n) is 4.74. The fraction of sp³-hybridized carbons (Fsp3) is 1.00. The molecule has 0 aromatic heterocycles. The van der Waals surface area contributed by atoms with E-state index in [-0.39, 0.29) is 0 Å². The lowest BCUT2D eigenvalue weighted by Crippen LogP contribution is -2.35. The Kier molecular flexibility index (Phi) is 2.69. The molecule has 2 aliphatic rings. The maximum atomic E-state index is 6.16. The van der Waals surface area contributed by atoms with Gasteiger partial charge in [-0.25, -0.2) is 0 Å². The van der Waals surface area contributed by atoms with Gasteiger partial charge in [0.1, 0.15) is 0 Å². The second kappa shape index (κ2) is 3.78. The summed E-state index contributed by atoms with van der Waals surface area (Å²) in [6.45, 7) is 0. The molecule has 1 unspecified atom stereocenters. The summed E-state index contributed by atoms with van der Waals surface area (Å²) in [6, 6.07) is 0.543. The van der Waals surface area contributed by atoms with Crippen molar-refractivity contribution < 1.29 is 0 Å². The van der Waals surface area contributed by atoms with E-state index >= 15 is 0 Å². The van der Waals surface area contributed by atoms with E-state index in [2.05, 4.69) is 0 Å². The van der Waals surface area contributed by atoms with Gasteiger partial charge in [0.25, 0.3) is 0 Å². The Bertz CT molecular complexity index is 134.